The number of benzene rings is 1. The fourth-order valence-electron chi connectivity index (χ4n) is 3.56. The minimum absolute atomic E-state index is 0.806. The molecule has 0 N–H and O–H groups in total. The highest BCUT2D eigenvalue weighted by molar-refractivity contribution is 7.13. The molecule has 0 bridgehead atoms. The van der Waals surface area contributed by atoms with Gasteiger partial charge < -0.3 is 0 Å². The molecule has 0 saturated heterocycles. The molecule has 0 radical (unpaired) electrons. The molecular formula is C19H24S. The fourth-order valence-corrected chi connectivity index (χ4v) is 4.29. The molecule has 0 unspecified atom stereocenters. The second-order valence-corrected chi connectivity index (χ2v) is 7.05. The van der Waals surface area contributed by atoms with Crippen LogP contribution in [0.25, 0.3) is 10.4 Å². The van der Waals surface area contributed by atoms with Crippen LogP contribution < -0.4 is 0 Å². The van der Waals surface area contributed by atoms with Crippen LogP contribution in [0.2, 0.25) is 0 Å². The van der Waals surface area contributed by atoms with E-state index in [4.69, 9.17) is 0 Å². The Morgan fingerprint density at radius 3 is 2.35 bits per heavy atom. The van der Waals surface area contributed by atoms with Gasteiger partial charge in [-0.15, -0.1) is 11.3 Å². The quantitative estimate of drug-likeness (QED) is 0.602. The van der Waals surface area contributed by atoms with Gasteiger partial charge in [0.25, 0.3) is 0 Å². The van der Waals surface area contributed by atoms with E-state index in [9.17, 15) is 0 Å². The van der Waals surface area contributed by atoms with Crippen LogP contribution in [-0.2, 0) is 0 Å². The number of thiophene rings is 1. The third-order valence-corrected chi connectivity index (χ3v) is 5.65. The topological polar surface area (TPSA) is 0 Å². The summed E-state index contributed by atoms with van der Waals surface area (Å²) in [4.78, 5) is 1.38. The molecular weight excluding hydrogens is 260 g/mol. The van der Waals surface area contributed by atoms with Crippen LogP contribution in [0.15, 0.2) is 41.8 Å². The van der Waals surface area contributed by atoms with Crippen LogP contribution in [-0.4, -0.2) is 0 Å². The average molecular weight is 284 g/mol. The number of hydrogen-bond acceptors (Lipinski definition) is 1. The summed E-state index contributed by atoms with van der Waals surface area (Å²) in [7, 11) is 0. The largest absolute Gasteiger partial charge is 0.144 e. The van der Waals surface area contributed by atoms with Crippen molar-refractivity contribution in [3.8, 4) is 10.4 Å². The van der Waals surface area contributed by atoms with Gasteiger partial charge in [-0.25, -0.2) is 0 Å². The first kappa shape index (κ1) is 13.9. The second kappa shape index (κ2) is 6.58. The van der Waals surface area contributed by atoms with Crippen LogP contribution in [0, 0.1) is 5.92 Å². The lowest BCUT2D eigenvalue weighted by Crippen LogP contribution is -2.13. The smallest absolute Gasteiger partial charge is 0.0342 e. The lowest BCUT2D eigenvalue weighted by Gasteiger charge is -2.28. The minimum atomic E-state index is 0.806. The number of hydrogen-bond donors (Lipinski definition) is 0. The SMILES string of the molecule is CCCC1CCC(c2ccc(-c3cccs3)cc2)CC1. The summed E-state index contributed by atoms with van der Waals surface area (Å²) in [5.41, 5.74) is 2.92. The lowest BCUT2D eigenvalue weighted by molar-refractivity contribution is 0.308. The van der Waals surface area contributed by atoms with E-state index in [2.05, 4.69) is 48.7 Å². The van der Waals surface area contributed by atoms with E-state index >= 15 is 0 Å². The maximum Gasteiger partial charge on any atom is 0.0342 e. The fraction of sp³-hybridized carbons (Fsp3) is 0.474. The van der Waals surface area contributed by atoms with E-state index in [1.807, 2.05) is 11.3 Å². The monoisotopic (exact) mass is 284 g/mol. The van der Waals surface area contributed by atoms with Gasteiger partial charge in [0, 0.05) is 4.88 Å². The molecule has 20 heavy (non-hydrogen) atoms. The van der Waals surface area contributed by atoms with Gasteiger partial charge in [-0.05, 0) is 60.1 Å². The molecule has 1 aromatic carbocycles. The zero-order valence-corrected chi connectivity index (χ0v) is 13.2. The van der Waals surface area contributed by atoms with Crippen molar-refractivity contribution in [3.05, 3.63) is 47.3 Å². The molecule has 1 aliphatic rings. The molecule has 0 spiro atoms. The van der Waals surface area contributed by atoms with Crippen molar-refractivity contribution in [2.75, 3.05) is 0 Å². The van der Waals surface area contributed by atoms with Crippen molar-refractivity contribution in [2.24, 2.45) is 5.92 Å². The Kier molecular flexibility index (Phi) is 4.57. The summed E-state index contributed by atoms with van der Waals surface area (Å²) < 4.78 is 0. The molecule has 3 rings (SSSR count). The zero-order chi connectivity index (χ0) is 13.8. The van der Waals surface area contributed by atoms with Gasteiger partial charge in [0.15, 0.2) is 0 Å². The molecule has 1 aliphatic carbocycles. The van der Waals surface area contributed by atoms with Gasteiger partial charge in [0.1, 0.15) is 0 Å². The Morgan fingerprint density at radius 1 is 1.00 bits per heavy atom. The first-order valence-electron chi connectivity index (χ1n) is 8.00. The molecule has 0 nitrogen and oxygen atoms in total. The van der Waals surface area contributed by atoms with Crippen molar-refractivity contribution in [2.45, 2.75) is 51.4 Å². The first-order valence-corrected chi connectivity index (χ1v) is 8.88. The van der Waals surface area contributed by atoms with Crippen LogP contribution >= 0.6 is 11.3 Å². The molecule has 106 valence electrons. The standard InChI is InChI=1S/C19H24S/c1-2-4-15-6-8-16(9-7-15)17-10-12-18(13-11-17)19-5-3-14-20-19/h3,5,10-16H,2,4,6-9H2,1H3. The molecule has 1 aromatic heterocycles. The first-order chi connectivity index (χ1) is 9.86. The Bertz CT molecular complexity index is 501. The maximum atomic E-state index is 2.36. The molecule has 1 saturated carbocycles. The Labute approximate surface area is 126 Å². The lowest BCUT2D eigenvalue weighted by atomic mass is 9.77. The molecule has 0 aliphatic heterocycles. The summed E-state index contributed by atoms with van der Waals surface area (Å²) in [5, 5.41) is 2.15. The van der Waals surface area contributed by atoms with Gasteiger partial charge in [0.05, 0.1) is 0 Å². The molecule has 0 amide bonds. The van der Waals surface area contributed by atoms with Crippen molar-refractivity contribution in [1.29, 1.82) is 0 Å². The highest BCUT2D eigenvalue weighted by Crippen LogP contribution is 2.38. The summed E-state index contributed by atoms with van der Waals surface area (Å²) in [6.45, 7) is 2.31. The van der Waals surface area contributed by atoms with Crippen LogP contribution in [0.5, 0.6) is 0 Å². The normalized spacial score (nSPS) is 22.9. The zero-order valence-electron chi connectivity index (χ0n) is 12.3. The van der Waals surface area contributed by atoms with E-state index in [-0.39, 0.29) is 0 Å². The van der Waals surface area contributed by atoms with Crippen molar-refractivity contribution in [3.63, 3.8) is 0 Å². The highest BCUT2D eigenvalue weighted by Gasteiger charge is 2.21. The van der Waals surface area contributed by atoms with Crippen LogP contribution in [0.1, 0.15) is 56.9 Å². The molecule has 2 aromatic rings. The van der Waals surface area contributed by atoms with E-state index < -0.39 is 0 Å². The van der Waals surface area contributed by atoms with Crippen molar-refractivity contribution >= 4 is 11.3 Å². The highest BCUT2D eigenvalue weighted by atomic mass is 32.1. The maximum absolute atomic E-state index is 2.36. The Morgan fingerprint density at radius 2 is 1.75 bits per heavy atom. The van der Waals surface area contributed by atoms with Gasteiger partial charge in [-0.2, -0.15) is 0 Å². The predicted molar refractivity (Wildman–Crippen MR) is 89.4 cm³/mol. The second-order valence-electron chi connectivity index (χ2n) is 6.11. The molecule has 0 atom stereocenters. The summed E-state index contributed by atoms with van der Waals surface area (Å²) >= 11 is 1.82. The number of rotatable bonds is 4. The summed E-state index contributed by atoms with van der Waals surface area (Å²) in [6.07, 6.45) is 8.44. The Balaban J connectivity index is 1.64. The molecule has 1 heteroatoms. The average Bonchev–Trinajstić information content (AvgIpc) is 3.03. The molecule has 1 heterocycles. The third kappa shape index (κ3) is 3.15. The Hall–Kier alpha value is -1.08. The van der Waals surface area contributed by atoms with Gasteiger partial charge in [-0.3, -0.25) is 0 Å². The van der Waals surface area contributed by atoms with Crippen molar-refractivity contribution < 1.29 is 0 Å². The predicted octanol–water partition coefficient (Wildman–Crippen LogP) is 6.49. The van der Waals surface area contributed by atoms with E-state index in [0.29, 0.717) is 0 Å². The van der Waals surface area contributed by atoms with Gasteiger partial charge >= 0.3 is 0 Å². The molecule has 1 fully saturated rings. The van der Waals surface area contributed by atoms with Gasteiger partial charge in [0.2, 0.25) is 0 Å². The summed E-state index contributed by atoms with van der Waals surface area (Å²) in [5.74, 6) is 1.81. The van der Waals surface area contributed by atoms with E-state index in [0.717, 1.165) is 11.8 Å². The van der Waals surface area contributed by atoms with Crippen LogP contribution in [0.4, 0.5) is 0 Å². The van der Waals surface area contributed by atoms with Gasteiger partial charge in [-0.1, -0.05) is 50.1 Å². The minimum Gasteiger partial charge on any atom is -0.144 e. The summed E-state index contributed by atoms with van der Waals surface area (Å²) in [6, 6.07) is 13.7. The van der Waals surface area contributed by atoms with E-state index in [1.54, 1.807) is 5.56 Å². The van der Waals surface area contributed by atoms with Crippen LogP contribution in [0.3, 0.4) is 0 Å². The third-order valence-electron chi connectivity index (χ3n) is 4.73. The van der Waals surface area contributed by atoms with E-state index in [1.165, 1.54) is 49.0 Å². The van der Waals surface area contributed by atoms with Crippen molar-refractivity contribution in [1.82, 2.24) is 0 Å².